The highest BCUT2D eigenvalue weighted by Gasteiger charge is 2.35. The minimum Gasteiger partial charge on any atom is -0.352 e. The summed E-state index contributed by atoms with van der Waals surface area (Å²) in [5.41, 5.74) is 1.55. The lowest BCUT2D eigenvalue weighted by molar-refractivity contribution is -0.139. The van der Waals surface area contributed by atoms with E-state index in [1.54, 1.807) is 31.2 Å². The molecule has 1 saturated carbocycles. The van der Waals surface area contributed by atoms with Gasteiger partial charge in [0.25, 0.3) is 5.91 Å². The number of carbonyl (C=O) groups excluding carboxylic acids is 3. The minimum absolute atomic E-state index is 0.0655. The number of hydrogen-bond acceptors (Lipinski definition) is 3. The number of anilines is 1. The van der Waals surface area contributed by atoms with Gasteiger partial charge in [-0.3, -0.25) is 19.3 Å². The highest BCUT2D eigenvalue weighted by molar-refractivity contribution is 6.26. The largest absolute Gasteiger partial charge is 0.352 e. The van der Waals surface area contributed by atoms with Gasteiger partial charge in [-0.15, -0.1) is 0 Å². The molecular weight excluding hydrogens is 457 g/mol. The SMILES string of the molecule is C[C@H](C(=O)NC1CCCCC1)N(Cc1ccccc1F)C(=O)CN1C(=O)c2cccc3cccc1c23. The normalized spacial score (nSPS) is 16.3. The van der Waals surface area contributed by atoms with E-state index in [1.165, 1.54) is 22.3 Å². The fourth-order valence-electron chi connectivity index (χ4n) is 5.32. The summed E-state index contributed by atoms with van der Waals surface area (Å²) in [6, 6.07) is 16.6. The topological polar surface area (TPSA) is 69.7 Å². The number of nitrogens with zero attached hydrogens (tertiary/aromatic N) is 2. The highest BCUT2D eigenvalue weighted by atomic mass is 19.1. The number of hydrogen-bond donors (Lipinski definition) is 1. The molecule has 36 heavy (non-hydrogen) atoms. The zero-order valence-electron chi connectivity index (χ0n) is 20.4. The summed E-state index contributed by atoms with van der Waals surface area (Å²) in [6.07, 6.45) is 5.15. The lowest BCUT2D eigenvalue weighted by Gasteiger charge is -2.32. The Balaban J connectivity index is 1.40. The Kier molecular flexibility index (Phi) is 6.72. The van der Waals surface area contributed by atoms with E-state index in [0.717, 1.165) is 36.5 Å². The number of carbonyl (C=O) groups is 3. The molecule has 0 aromatic heterocycles. The van der Waals surface area contributed by atoms with E-state index in [9.17, 15) is 18.8 Å². The molecule has 1 aliphatic carbocycles. The van der Waals surface area contributed by atoms with E-state index >= 15 is 0 Å². The molecule has 186 valence electrons. The second kappa shape index (κ2) is 10.1. The average molecular weight is 488 g/mol. The molecule has 1 heterocycles. The Morgan fingerprint density at radius 3 is 2.50 bits per heavy atom. The van der Waals surface area contributed by atoms with Gasteiger partial charge >= 0.3 is 0 Å². The van der Waals surface area contributed by atoms with Crippen LogP contribution >= 0.6 is 0 Å². The molecule has 0 spiro atoms. The maximum absolute atomic E-state index is 14.5. The van der Waals surface area contributed by atoms with Crippen LogP contribution in [0, 0.1) is 5.82 Å². The fourth-order valence-corrected chi connectivity index (χ4v) is 5.32. The van der Waals surface area contributed by atoms with Crippen LogP contribution in [0.1, 0.15) is 54.9 Å². The summed E-state index contributed by atoms with van der Waals surface area (Å²) in [4.78, 5) is 43.0. The molecule has 3 amide bonds. The molecule has 0 bridgehead atoms. The molecule has 7 heteroatoms. The van der Waals surface area contributed by atoms with E-state index in [0.29, 0.717) is 16.8 Å². The van der Waals surface area contributed by atoms with Gasteiger partial charge in [0, 0.05) is 29.1 Å². The second-order valence-electron chi connectivity index (χ2n) is 9.70. The molecular formula is C29H30FN3O3. The monoisotopic (exact) mass is 487 g/mol. The van der Waals surface area contributed by atoms with Crippen molar-refractivity contribution in [2.45, 2.75) is 57.7 Å². The van der Waals surface area contributed by atoms with Crippen LogP contribution in [0.25, 0.3) is 10.8 Å². The first kappa shape index (κ1) is 24.0. The van der Waals surface area contributed by atoms with Crippen LogP contribution in [0.4, 0.5) is 10.1 Å². The van der Waals surface area contributed by atoms with Crippen molar-refractivity contribution >= 4 is 34.2 Å². The Bertz CT molecular complexity index is 1310. The molecule has 5 rings (SSSR count). The highest BCUT2D eigenvalue weighted by Crippen LogP contribution is 2.37. The van der Waals surface area contributed by atoms with E-state index in [2.05, 4.69) is 5.32 Å². The molecule has 1 N–H and O–H groups in total. The predicted molar refractivity (Wildman–Crippen MR) is 137 cm³/mol. The molecule has 1 atom stereocenters. The van der Waals surface area contributed by atoms with Crippen molar-refractivity contribution in [2.24, 2.45) is 0 Å². The first-order valence-electron chi connectivity index (χ1n) is 12.6. The van der Waals surface area contributed by atoms with E-state index < -0.39 is 17.8 Å². The minimum atomic E-state index is -0.824. The van der Waals surface area contributed by atoms with Gasteiger partial charge in [-0.1, -0.05) is 61.7 Å². The standard InChI is InChI=1S/C29H30FN3O3/c1-19(28(35)31-22-12-3-2-4-13-22)32(17-21-9-5-6-15-24(21)30)26(34)18-33-25-16-8-11-20-10-7-14-23(27(20)25)29(33)36/h5-11,14-16,19,22H,2-4,12-13,17-18H2,1H3,(H,31,35)/t19-/m1/s1. The van der Waals surface area contributed by atoms with Crippen LogP contribution in [0.3, 0.4) is 0 Å². The first-order valence-corrected chi connectivity index (χ1v) is 12.6. The third kappa shape index (κ3) is 4.57. The Morgan fingerprint density at radius 1 is 1.03 bits per heavy atom. The van der Waals surface area contributed by atoms with Crippen LogP contribution in [0.2, 0.25) is 0 Å². The Morgan fingerprint density at radius 2 is 1.75 bits per heavy atom. The maximum atomic E-state index is 14.5. The van der Waals surface area contributed by atoms with Crippen molar-refractivity contribution in [3.63, 3.8) is 0 Å². The van der Waals surface area contributed by atoms with Crippen LogP contribution in [0.15, 0.2) is 60.7 Å². The summed E-state index contributed by atoms with van der Waals surface area (Å²) in [5.74, 6) is -1.36. The van der Waals surface area contributed by atoms with Gasteiger partial charge in [0.05, 0.1) is 5.69 Å². The Labute approximate surface area is 210 Å². The van der Waals surface area contributed by atoms with Gasteiger partial charge < -0.3 is 10.2 Å². The van der Waals surface area contributed by atoms with Crippen LogP contribution in [-0.4, -0.2) is 41.2 Å². The summed E-state index contributed by atoms with van der Waals surface area (Å²) in [7, 11) is 0. The zero-order valence-corrected chi connectivity index (χ0v) is 20.4. The molecule has 1 aliphatic heterocycles. The lowest BCUT2D eigenvalue weighted by Crippen LogP contribution is -2.52. The summed E-state index contributed by atoms with van der Waals surface area (Å²) in [5, 5.41) is 4.83. The molecule has 0 unspecified atom stereocenters. The third-order valence-electron chi connectivity index (χ3n) is 7.36. The number of amides is 3. The van der Waals surface area contributed by atoms with E-state index in [-0.39, 0.29) is 30.9 Å². The number of nitrogens with one attached hydrogen (secondary N) is 1. The smallest absolute Gasteiger partial charge is 0.259 e. The quantitative estimate of drug-likeness (QED) is 0.520. The van der Waals surface area contributed by atoms with Gasteiger partial charge in [-0.05, 0) is 43.4 Å². The van der Waals surface area contributed by atoms with Crippen molar-refractivity contribution in [1.29, 1.82) is 0 Å². The first-order chi connectivity index (χ1) is 17.4. The lowest BCUT2D eigenvalue weighted by atomic mass is 9.95. The van der Waals surface area contributed by atoms with Crippen molar-refractivity contribution in [3.05, 3.63) is 77.6 Å². The molecule has 1 fully saturated rings. The van der Waals surface area contributed by atoms with Gasteiger partial charge in [-0.2, -0.15) is 0 Å². The zero-order chi connectivity index (χ0) is 25.2. The van der Waals surface area contributed by atoms with Crippen molar-refractivity contribution in [2.75, 3.05) is 11.4 Å². The average Bonchev–Trinajstić information content (AvgIpc) is 3.16. The molecule has 0 radical (unpaired) electrons. The third-order valence-corrected chi connectivity index (χ3v) is 7.36. The number of halogens is 1. The molecule has 3 aromatic rings. The summed E-state index contributed by atoms with van der Waals surface area (Å²) in [6.45, 7) is 1.37. The number of benzene rings is 3. The fraction of sp³-hybridized carbons (Fsp3) is 0.345. The summed E-state index contributed by atoms with van der Waals surface area (Å²) >= 11 is 0. The molecule has 3 aromatic carbocycles. The summed E-state index contributed by atoms with van der Waals surface area (Å²) < 4.78 is 14.5. The second-order valence-corrected chi connectivity index (χ2v) is 9.70. The van der Waals surface area contributed by atoms with Crippen LogP contribution in [-0.2, 0) is 16.1 Å². The van der Waals surface area contributed by atoms with Crippen molar-refractivity contribution in [3.8, 4) is 0 Å². The molecule has 2 aliphatic rings. The van der Waals surface area contributed by atoms with Crippen molar-refractivity contribution < 1.29 is 18.8 Å². The van der Waals surface area contributed by atoms with E-state index in [1.807, 2.05) is 30.3 Å². The van der Waals surface area contributed by atoms with Crippen molar-refractivity contribution in [1.82, 2.24) is 10.2 Å². The predicted octanol–water partition coefficient (Wildman–Crippen LogP) is 4.81. The van der Waals surface area contributed by atoms with Crippen LogP contribution in [0.5, 0.6) is 0 Å². The van der Waals surface area contributed by atoms with Gasteiger partial charge in [0.2, 0.25) is 11.8 Å². The Hall–Kier alpha value is -3.74. The van der Waals surface area contributed by atoms with Crippen LogP contribution < -0.4 is 10.2 Å². The molecule has 0 saturated heterocycles. The van der Waals surface area contributed by atoms with Gasteiger partial charge in [-0.25, -0.2) is 4.39 Å². The molecule has 6 nitrogen and oxygen atoms in total. The van der Waals surface area contributed by atoms with Gasteiger partial charge in [0.15, 0.2) is 0 Å². The maximum Gasteiger partial charge on any atom is 0.259 e. The number of rotatable bonds is 7. The van der Waals surface area contributed by atoms with E-state index in [4.69, 9.17) is 0 Å². The van der Waals surface area contributed by atoms with Gasteiger partial charge in [0.1, 0.15) is 18.4 Å².